The van der Waals surface area contributed by atoms with Gasteiger partial charge in [-0.15, -0.1) is 0 Å². The topological polar surface area (TPSA) is 121 Å². The van der Waals surface area contributed by atoms with Crippen molar-refractivity contribution in [3.63, 3.8) is 0 Å². The lowest BCUT2D eigenvalue weighted by Gasteiger charge is -2.03. The highest BCUT2D eigenvalue weighted by atomic mass is 16.6. The number of nitrogen functional groups attached to an aromatic ring is 2. The summed E-state index contributed by atoms with van der Waals surface area (Å²) in [6.45, 7) is 0. The SMILES string of the molecule is NC(=O)OC(=O)c1ccc(N)cc1N. The Labute approximate surface area is 79.6 Å². The quantitative estimate of drug-likeness (QED) is 0.333. The van der Waals surface area contributed by atoms with Crippen LogP contribution >= 0.6 is 0 Å². The molecule has 74 valence electrons. The zero-order valence-electron chi connectivity index (χ0n) is 7.19. The van der Waals surface area contributed by atoms with Gasteiger partial charge in [-0.05, 0) is 18.2 Å². The molecule has 0 atom stereocenters. The first-order chi connectivity index (χ1) is 6.50. The Balaban J connectivity index is 2.96. The van der Waals surface area contributed by atoms with Gasteiger partial charge in [0.2, 0.25) is 0 Å². The van der Waals surface area contributed by atoms with Crippen molar-refractivity contribution in [2.45, 2.75) is 0 Å². The minimum atomic E-state index is -1.17. The molecule has 0 unspecified atom stereocenters. The van der Waals surface area contributed by atoms with Crippen LogP contribution in [0.5, 0.6) is 0 Å². The fraction of sp³-hybridized carbons (Fsp3) is 0. The Kier molecular flexibility index (Phi) is 2.57. The third-order valence-electron chi connectivity index (χ3n) is 1.49. The van der Waals surface area contributed by atoms with Gasteiger partial charge in [0, 0.05) is 11.4 Å². The molecule has 0 aromatic heterocycles. The Bertz CT molecular complexity index is 389. The summed E-state index contributed by atoms with van der Waals surface area (Å²) in [6.07, 6.45) is -1.17. The highest BCUT2D eigenvalue weighted by Crippen LogP contribution is 2.16. The van der Waals surface area contributed by atoms with E-state index < -0.39 is 12.1 Å². The molecule has 0 fully saturated rings. The lowest BCUT2D eigenvalue weighted by Crippen LogP contribution is -2.19. The summed E-state index contributed by atoms with van der Waals surface area (Å²) in [5.74, 6) is -0.894. The Hall–Kier alpha value is -2.24. The number of primary amides is 1. The van der Waals surface area contributed by atoms with Crippen molar-refractivity contribution < 1.29 is 14.3 Å². The number of nitrogens with two attached hydrogens (primary N) is 3. The van der Waals surface area contributed by atoms with Gasteiger partial charge in [0.05, 0.1) is 5.56 Å². The molecule has 0 heterocycles. The van der Waals surface area contributed by atoms with Crippen LogP contribution in [-0.4, -0.2) is 12.1 Å². The number of hydrogen-bond donors (Lipinski definition) is 3. The third kappa shape index (κ3) is 2.13. The van der Waals surface area contributed by atoms with E-state index in [0.717, 1.165) is 0 Å². The van der Waals surface area contributed by atoms with Crippen LogP contribution in [0.4, 0.5) is 16.2 Å². The van der Waals surface area contributed by atoms with E-state index in [2.05, 4.69) is 10.5 Å². The summed E-state index contributed by atoms with van der Waals surface area (Å²) in [5, 5.41) is 0. The molecule has 14 heavy (non-hydrogen) atoms. The van der Waals surface area contributed by atoms with Crippen LogP contribution in [0.1, 0.15) is 10.4 Å². The number of hydrogen-bond acceptors (Lipinski definition) is 5. The second-order valence-electron chi connectivity index (χ2n) is 2.56. The second-order valence-corrected chi connectivity index (χ2v) is 2.56. The summed E-state index contributed by atoms with van der Waals surface area (Å²) in [5.41, 5.74) is 16.1. The molecule has 0 aliphatic carbocycles. The first-order valence-electron chi connectivity index (χ1n) is 3.67. The van der Waals surface area contributed by atoms with Gasteiger partial charge >= 0.3 is 12.1 Å². The molecule has 1 rings (SSSR count). The Morgan fingerprint density at radius 2 is 1.86 bits per heavy atom. The lowest BCUT2D eigenvalue weighted by molar-refractivity contribution is 0.0639. The van der Waals surface area contributed by atoms with Gasteiger partial charge in [0.1, 0.15) is 0 Å². The molecule has 0 radical (unpaired) electrons. The van der Waals surface area contributed by atoms with E-state index in [9.17, 15) is 9.59 Å². The van der Waals surface area contributed by atoms with Crippen LogP contribution < -0.4 is 17.2 Å². The van der Waals surface area contributed by atoms with E-state index >= 15 is 0 Å². The summed E-state index contributed by atoms with van der Waals surface area (Å²) in [6, 6.07) is 4.21. The minimum Gasteiger partial charge on any atom is -0.399 e. The molecule has 0 saturated carbocycles. The number of anilines is 2. The highest BCUT2D eigenvalue weighted by molar-refractivity contribution is 6.00. The monoisotopic (exact) mass is 195 g/mol. The fourth-order valence-corrected chi connectivity index (χ4v) is 0.913. The van der Waals surface area contributed by atoms with E-state index in [1.54, 1.807) is 0 Å². The van der Waals surface area contributed by atoms with Gasteiger partial charge in [0.25, 0.3) is 0 Å². The first-order valence-corrected chi connectivity index (χ1v) is 3.67. The van der Waals surface area contributed by atoms with Crippen molar-refractivity contribution >= 4 is 23.4 Å². The van der Waals surface area contributed by atoms with E-state index in [1.165, 1.54) is 18.2 Å². The van der Waals surface area contributed by atoms with Crippen LogP contribution in [0.15, 0.2) is 18.2 Å². The molecular weight excluding hydrogens is 186 g/mol. The number of esters is 1. The molecule has 6 nitrogen and oxygen atoms in total. The molecule has 1 aromatic carbocycles. The molecule has 6 heteroatoms. The van der Waals surface area contributed by atoms with Crippen molar-refractivity contribution in [1.82, 2.24) is 0 Å². The number of carbonyl (C=O) groups is 2. The van der Waals surface area contributed by atoms with Crippen molar-refractivity contribution in [2.24, 2.45) is 5.73 Å². The maximum Gasteiger partial charge on any atom is 0.412 e. The van der Waals surface area contributed by atoms with Gasteiger partial charge in [0.15, 0.2) is 0 Å². The number of benzene rings is 1. The summed E-state index contributed by atoms with van der Waals surface area (Å²) >= 11 is 0. The molecule has 6 N–H and O–H groups in total. The minimum absolute atomic E-state index is 0.0537. The van der Waals surface area contributed by atoms with Crippen molar-refractivity contribution in [2.75, 3.05) is 11.5 Å². The van der Waals surface area contributed by atoms with Crippen molar-refractivity contribution in [1.29, 1.82) is 0 Å². The maximum absolute atomic E-state index is 11.1. The predicted octanol–water partition coefficient (Wildman–Crippen LogP) is 0.0865. The van der Waals surface area contributed by atoms with E-state index in [0.29, 0.717) is 5.69 Å². The molecule has 0 aliphatic rings. The molecule has 0 bridgehead atoms. The molecule has 0 spiro atoms. The van der Waals surface area contributed by atoms with E-state index in [-0.39, 0.29) is 11.3 Å². The van der Waals surface area contributed by atoms with Gasteiger partial charge in [-0.3, -0.25) is 0 Å². The van der Waals surface area contributed by atoms with Gasteiger partial charge in [-0.1, -0.05) is 0 Å². The maximum atomic E-state index is 11.1. The number of carbonyl (C=O) groups excluding carboxylic acids is 2. The predicted molar refractivity (Wildman–Crippen MR) is 50.3 cm³/mol. The highest BCUT2D eigenvalue weighted by Gasteiger charge is 2.13. The molecular formula is C8H9N3O3. The van der Waals surface area contributed by atoms with Crippen LogP contribution in [-0.2, 0) is 4.74 Å². The number of ether oxygens (including phenoxy) is 1. The molecule has 0 saturated heterocycles. The first kappa shape index (κ1) is 9.85. The van der Waals surface area contributed by atoms with Crippen LogP contribution in [0.2, 0.25) is 0 Å². The standard InChI is InChI=1S/C8H9N3O3/c9-4-1-2-5(6(10)3-4)7(12)14-8(11)13/h1-3H,9-10H2,(H2,11,13). The van der Waals surface area contributed by atoms with Gasteiger partial charge < -0.3 is 21.9 Å². The summed E-state index contributed by atoms with van der Waals surface area (Å²) in [4.78, 5) is 21.4. The Morgan fingerprint density at radius 1 is 1.21 bits per heavy atom. The summed E-state index contributed by atoms with van der Waals surface area (Å²) in [7, 11) is 0. The third-order valence-corrected chi connectivity index (χ3v) is 1.49. The van der Waals surface area contributed by atoms with Crippen LogP contribution in [0, 0.1) is 0 Å². The normalized spacial score (nSPS) is 9.43. The fourth-order valence-electron chi connectivity index (χ4n) is 0.913. The van der Waals surface area contributed by atoms with Crippen LogP contribution in [0.3, 0.4) is 0 Å². The summed E-state index contributed by atoms with van der Waals surface area (Å²) < 4.78 is 4.14. The van der Waals surface area contributed by atoms with Crippen molar-refractivity contribution in [3.05, 3.63) is 23.8 Å². The van der Waals surface area contributed by atoms with Gasteiger partial charge in [-0.2, -0.15) is 0 Å². The van der Waals surface area contributed by atoms with E-state index in [1.807, 2.05) is 0 Å². The smallest absolute Gasteiger partial charge is 0.399 e. The van der Waals surface area contributed by atoms with Gasteiger partial charge in [-0.25, -0.2) is 9.59 Å². The lowest BCUT2D eigenvalue weighted by atomic mass is 10.1. The van der Waals surface area contributed by atoms with E-state index in [4.69, 9.17) is 11.5 Å². The zero-order valence-corrected chi connectivity index (χ0v) is 7.19. The average Bonchev–Trinajstić information content (AvgIpc) is 2.01. The molecule has 0 aliphatic heterocycles. The number of amides is 1. The average molecular weight is 195 g/mol. The Morgan fingerprint density at radius 3 is 2.36 bits per heavy atom. The second kappa shape index (κ2) is 3.65. The zero-order chi connectivity index (χ0) is 10.7. The van der Waals surface area contributed by atoms with Crippen molar-refractivity contribution in [3.8, 4) is 0 Å². The molecule has 1 aromatic rings. The number of rotatable bonds is 1. The largest absolute Gasteiger partial charge is 0.412 e. The van der Waals surface area contributed by atoms with Crippen LogP contribution in [0.25, 0.3) is 0 Å². The molecule has 1 amide bonds.